The van der Waals surface area contributed by atoms with Crippen molar-refractivity contribution in [2.24, 2.45) is 5.92 Å². The van der Waals surface area contributed by atoms with Crippen molar-refractivity contribution in [1.29, 1.82) is 0 Å². The summed E-state index contributed by atoms with van der Waals surface area (Å²) in [6.45, 7) is 3.32. The molecular weight excluding hydrogens is 430 g/mol. The van der Waals surface area contributed by atoms with Crippen molar-refractivity contribution in [2.45, 2.75) is 32.1 Å². The Morgan fingerprint density at radius 2 is 2.06 bits per heavy atom. The third kappa shape index (κ3) is 4.83. The van der Waals surface area contributed by atoms with Crippen LogP contribution < -0.4 is 10.1 Å². The topological polar surface area (TPSA) is 97.2 Å². The average Bonchev–Trinajstić information content (AvgIpc) is 3.52. The van der Waals surface area contributed by atoms with Gasteiger partial charge in [-0.3, -0.25) is 4.79 Å². The smallest absolute Gasteiger partial charge is 0.229 e. The number of aryl methyl sites for hydroxylation is 2. The van der Waals surface area contributed by atoms with Crippen molar-refractivity contribution in [3.8, 4) is 5.75 Å². The van der Waals surface area contributed by atoms with E-state index in [0.29, 0.717) is 41.2 Å². The van der Waals surface area contributed by atoms with Crippen molar-refractivity contribution in [3.05, 3.63) is 77.0 Å². The van der Waals surface area contributed by atoms with Gasteiger partial charge in [-0.1, -0.05) is 12.1 Å². The fourth-order valence-electron chi connectivity index (χ4n) is 3.95. The van der Waals surface area contributed by atoms with Gasteiger partial charge in [0.1, 0.15) is 23.3 Å². The summed E-state index contributed by atoms with van der Waals surface area (Å²) in [6, 6.07) is 7.56. The second-order valence-corrected chi connectivity index (χ2v) is 8.22. The number of nitrogens with zero attached hydrogens (tertiary/aromatic N) is 3. The Kier molecular flexibility index (Phi) is 6.33. The number of benzene rings is 1. The first kappa shape index (κ1) is 22.7. The Balaban J connectivity index is 1.58. The molecule has 3 aromatic rings. The monoisotopic (exact) mass is 454 g/mol. The molecule has 1 fully saturated rings. The van der Waals surface area contributed by atoms with Crippen LogP contribution >= 0.6 is 0 Å². The first-order valence-corrected chi connectivity index (χ1v) is 10.6. The lowest BCUT2D eigenvalue weighted by atomic mass is 9.93. The fourth-order valence-corrected chi connectivity index (χ4v) is 3.95. The highest BCUT2D eigenvalue weighted by Crippen LogP contribution is 2.55. The first-order valence-electron chi connectivity index (χ1n) is 10.6. The predicted molar refractivity (Wildman–Crippen MR) is 117 cm³/mol. The molecule has 1 amide bonds. The molecule has 0 saturated heterocycles. The standard InChI is InChI=1S/C24H24F2N4O3/c1-14-8-22(28-11-19(14)26)30-23(32)18-10-24(18,16-4-3-5-17(25)9-16)13-33-21-12-27-15(2)29-20(21)6-7-31/h3-5,8-9,11-12,18,31H,6-7,10,13H2,1-2H3,(H,28,30,32)/t18-,24+/m0/s1. The molecule has 7 nitrogen and oxygen atoms in total. The zero-order chi connectivity index (χ0) is 23.6. The molecule has 0 bridgehead atoms. The highest BCUT2D eigenvalue weighted by Gasteiger charge is 2.60. The number of halogens is 2. The van der Waals surface area contributed by atoms with E-state index in [-0.39, 0.29) is 24.9 Å². The van der Waals surface area contributed by atoms with Crippen LogP contribution in [0.25, 0.3) is 0 Å². The maximum Gasteiger partial charge on any atom is 0.229 e. The Bertz CT molecular complexity index is 1190. The Hall–Kier alpha value is -3.46. The molecule has 9 heteroatoms. The van der Waals surface area contributed by atoms with E-state index in [1.807, 2.05) is 0 Å². The molecule has 1 aromatic carbocycles. The molecule has 0 unspecified atom stereocenters. The van der Waals surface area contributed by atoms with Crippen LogP contribution in [0.1, 0.15) is 29.1 Å². The van der Waals surface area contributed by atoms with Gasteiger partial charge in [0.15, 0.2) is 5.75 Å². The van der Waals surface area contributed by atoms with Gasteiger partial charge in [-0.15, -0.1) is 0 Å². The number of aliphatic hydroxyl groups excluding tert-OH is 1. The predicted octanol–water partition coefficient (Wildman–Crippen LogP) is 3.28. The second kappa shape index (κ2) is 9.19. The largest absolute Gasteiger partial charge is 0.489 e. The molecule has 1 saturated carbocycles. The molecule has 2 N–H and O–H groups in total. The van der Waals surface area contributed by atoms with E-state index in [4.69, 9.17) is 4.74 Å². The molecule has 0 spiro atoms. The number of nitrogens with one attached hydrogen (secondary N) is 1. The molecule has 2 aromatic heterocycles. The minimum absolute atomic E-state index is 0.0925. The molecule has 0 aliphatic heterocycles. The van der Waals surface area contributed by atoms with Gasteiger partial charge in [0.25, 0.3) is 0 Å². The van der Waals surface area contributed by atoms with Gasteiger partial charge in [-0.2, -0.15) is 0 Å². The van der Waals surface area contributed by atoms with Crippen LogP contribution in [0.3, 0.4) is 0 Å². The summed E-state index contributed by atoms with van der Waals surface area (Å²) in [5.41, 5.74) is 0.809. The van der Waals surface area contributed by atoms with Crippen molar-refractivity contribution < 1.29 is 23.4 Å². The molecule has 1 aliphatic carbocycles. The van der Waals surface area contributed by atoms with Gasteiger partial charge in [0, 0.05) is 18.4 Å². The number of carbonyl (C=O) groups excluding carboxylic acids is 1. The lowest BCUT2D eigenvalue weighted by molar-refractivity contribution is -0.117. The van der Waals surface area contributed by atoms with Crippen LogP contribution in [0.5, 0.6) is 5.75 Å². The summed E-state index contributed by atoms with van der Waals surface area (Å²) in [4.78, 5) is 25.4. The maximum absolute atomic E-state index is 14.0. The van der Waals surface area contributed by atoms with E-state index in [1.54, 1.807) is 26.0 Å². The number of rotatable bonds is 8. The van der Waals surface area contributed by atoms with Crippen molar-refractivity contribution in [3.63, 3.8) is 0 Å². The van der Waals surface area contributed by atoms with Crippen LogP contribution in [-0.4, -0.2) is 39.2 Å². The highest BCUT2D eigenvalue weighted by molar-refractivity contribution is 5.95. The third-order valence-corrected chi connectivity index (χ3v) is 5.87. The average molecular weight is 454 g/mol. The third-order valence-electron chi connectivity index (χ3n) is 5.87. The zero-order valence-electron chi connectivity index (χ0n) is 18.3. The zero-order valence-corrected chi connectivity index (χ0v) is 18.3. The number of ether oxygens (including phenoxy) is 1. The van der Waals surface area contributed by atoms with E-state index in [1.165, 1.54) is 24.4 Å². The van der Waals surface area contributed by atoms with Crippen LogP contribution in [-0.2, 0) is 16.6 Å². The summed E-state index contributed by atoms with van der Waals surface area (Å²) < 4.78 is 33.6. The molecule has 4 rings (SSSR count). The molecule has 1 aliphatic rings. The Labute approximate surface area is 189 Å². The molecule has 33 heavy (non-hydrogen) atoms. The van der Waals surface area contributed by atoms with E-state index in [2.05, 4.69) is 20.3 Å². The van der Waals surface area contributed by atoms with E-state index >= 15 is 0 Å². The van der Waals surface area contributed by atoms with Crippen LogP contribution in [0.15, 0.2) is 42.7 Å². The van der Waals surface area contributed by atoms with Gasteiger partial charge < -0.3 is 15.2 Å². The minimum Gasteiger partial charge on any atom is -0.489 e. The molecule has 172 valence electrons. The van der Waals surface area contributed by atoms with Crippen LogP contribution in [0.2, 0.25) is 0 Å². The Morgan fingerprint density at radius 3 is 2.79 bits per heavy atom. The summed E-state index contributed by atoms with van der Waals surface area (Å²) in [5.74, 6) is -0.466. The Morgan fingerprint density at radius 1 is 1.24 bits per heavy atom. The normalized spacial score (nSPS) is 19.2. The number of aromatic nitrogens is 3. The second-order valence-electron chi connectivity index (χ2n) is 8.22. The van der Waals surface area contributed by atoms with Crippen LogP contribution in [0.4, 0.5) is 14.6 Å². The SMILES string of the molecule is Cc1ncc(OC[C@@]2(c3cccc(F)c3)C[C@H]2C(=O)Nc2cc(C)c(F)cn2)c(CCO)n1. The lowest BCUT2D eigenvalue weighted by Gasteiger charge is -2.20. The summed E-state index contributed by atoms with van der Waals surface area (Å²) in [7, 11) is 0. The molecule has 2 atom stereocenters. The summed E-state index contributed by atoms with van der Waals surface area (Å²) in [6.07, 6.45) is 3.33. The first-order chi connectivity index (χ1) is 15.8. The highest BCUT2D eigenvalue weighted by atomic mass is 19.1. The molecular formula is C24H24F2N4O3. The van der Waals surface area contributed by atoms with Gasteiger partial charge in [0.05, 0.1) is 30.6 Å². The summed E-state index contributed by atoms with van der Waals surface area (Å²) >= 11 is 0. The number of pyridine rings is 1. The van der Waals surface area contributed by atoms with Crippen molar-refractivity contribution >= 4 is 11.7 Å². The van der Waals surface area contributed by atoms with E-state index in [9.17, 15) is 18.7 Å². The van der Waals surface area contributed by atoms with Crippen molar-refractivity contribution in [1.82, 2.24) is 15.0 Å². The van der Waals surface area contributed by atoms with E-state index < -0.39 is 23.0 Å². The van der Waals surface area contributed by atoms with Gasteiger partial charge >= 0.3 is 0 Å². The van der Waals surface area contributed by atoms with Gasteiger partial charge in [-0.25, -0.2) is 23.7 Å². The van der Waals surface area contributed by atoms with Gasteiger partial charge in [-0.05, 0) is 49.6 Å². The maximum atomic E-state index is 14.0. The number of carbonyl (C=O) groups is 1. The summed E-state index contributed by atoms with van der Waals surface area (Å²) in [5, 5.41) is 12.1. The number of amides is 1. The van der Waals surface area contributed by atoms with Crippen molar-refractivity contribution in [2.75, 3.05) is 18.5 Å². The molecule has 0 radical (unpaired) electrons. The number of anilines is 1. The fraction of sp³-hybridized carbons (Fsp3) is 0.333. The van der Waals surface area contributed by atoms with Crippen LogP contribution in [0, 0.1) is 31.4 Å². The minimum atomic E-state index is -0.761. The number of hydrogen-bond donors (Lipinski definition) is 2. The number of hydrogen-bond acceptors (Lipinski definition) is 6. The quantitative estimate of drug-likeness (QED) is 0.542. The number of aliphatic hydroxyl groups is 1. The van der Waals surface area contributed by atoms with Gasteiger partial charge in [0.2, 0.25) is 5.91 Å². The molecule has 2 heterocycles. The van der Waals surface area contributed by atoms with E-state index in [0.717, 1.165) is 6.20 Å². The lowest BCUT2D eigenvalue weighted by Crippen LogP contribution is -2.27.